The lowest BCUT2D eigenvalue weighted by Gasteiger charge is -2.26. The first-order valence-corrected chi connectivity index (χ1v) is 7.87. The number of rotatable bonds is 6. The number of para-hydroxylation sites is 1. The molecule has 0 bridgehead atoms. The number of nitrogens with one attached hydrogen (secondary N) is 1. The standard InChI is InChI=1S/C17H26N2O3/c1-13(14(2)22-16-7-5-4-6-8-16)18-17(20)19(3)11-15-9-10-21-12-15/h4-8,13-15H,9-12H2,1-3H3,(H,18,20)/t13-,14-,15+/m0/s1. The van der Waals surface area contributed by atoms with Gasteiger partial charge in [-0.25, -0.2) is 4.79 Å². The van der Waals surface area contributed by atoms with Gasteiger partial charge in [-0.2, -0.15) is 0 Å². The van der Waals surface area contributed by atoms with E-state index in [0.717, 1.165) is 31.9 Å². The third kappa shape index (κ3) is 4.91. The predicted octanol–water partition coefficient (Wildman–Crippen LogP) is 2.52. The van der Waals surface area contributed by atoms with Gasteiger partial charge in [-0.05, 0) is 32.4 Å². The Morgan fingerprint density at radius 2 is 2.14 bits per heavy atom. The minimum Gasteiger partial charge on any atom is -0.489 e. The van der Waals surface area contributed by atoms with Crippen molar-refractivity contribution < 1.29 is 14.3 Å². The second-order valence-corrected chi connectivity index (χ2v) is 5.98. The fourth-order valence-corrected chi connectivity index (χ4v) is 2.44. The van der Waals surface area contributed by atoms with Crippen LogP contribution in [0.25, 0.3) is 0 Å². The summed E-state index contributed by atoms with van der Waals surface area (Å²) in [6.45, 7) is 6.20. The van der Waals surface area contributed by atoms with Crippen molar-refractivity contribution in [1.82, 2.24) is 10.2 Å². The van der Waals surface area contributed by atoms with Crippen LogP contribution in [0.2, 0.25) is 0 Å². The molecule has 0 spiro atoms. The van der Waals surface area contributed by atoms with E-state index >= 15 is 0 Å². The van der Waals surface area contributed by atoms with Crippen LogP contribution in [-0.4, -0.2) is 49.9 Å². The van der Waals surface area contributed by atoms with Gasteiger partial charge in [0, 0.05) is 26.1 Å². The van der Waals surface area contributed by atoms with E-state index in [1.807, 2.05) is 51.2 Å². The lowest BCUT2D eigenvalue weighted by molar-refractivity contribution is 0.155. The third-order valence-electron chi connectivity index (χ3n) is 4.02. The summed E-state index contributed by atoms with van der Waals surface area (Å²) < 4.78 is 11.2. The van der Waals surface area contributed by atoms with Crippen molar-refractivity contribution in [3.63, 3.8) is 0 Å². The summed E-state index contributed by atoms with van der Waals surface area (Å²) >= 11 is 0. The van der Waals surface area contributed by atoms with Gasteiger partial charge >= 0.3 is 6.03 Å². The zero-order valence-corrected chi connectivity index (χ0v) is 13.6. The summed E-state index contributed by atoms with van der Waals surface area (Å²) in [5.41, 5.74) is 0. The van der Waals surface area contributed by atoms with Crippen LogP contribution < -0.4 is 10.1 Å². The molecule has 0 radical (unpaired) electrons. The fourth-order valence-electron chi connectivity index (χ4n) is 2.44. The lowest BCUT2D eigenvalue weighted by Crippen LogP contribution is -2.48. The first-order valence-electron chi connectivity index (χ1n) is 7.87. The topological polar surface area (TPSA) is 50.8 Å². The molecule has 0 aliphatic carbocycles. The number of benzene rings is 1. The molecule has 0 aromatic heterocycles. The van der Waals surface area contributed by atoms with Crippen LogP contribution in [0, 0.1) is 5.92 Å². The Kier molecular flexibility index (Phi) is 6.07. The summed E-state index contributed by atoms with van der Waals surface area (Å²) in [5, 5.41) is 2.99. The molecule has 5 heteroatoms. The van der Waals surface area contributed by atoms with Crippen LogP contribution in [0.4, 0.5) is 4.79 Å². The Hall–Kier alpha value is -1.75. The molecule has 122 valence electrons. The van der Waals surface area contributed by atoms with Gasteiger partial charge in [0.1, 0.15) is 11.9 Å². The van der Waals surface area contributed by atoms with Crippen molar-refractivity contribution in [2.45, 2.75) is 32.4 Å². The van der Waals surface area contributed by atoms with Gasteiger partial charge in [-0.1, -0.05) is 18.2 Å². The number of hydrogen-bond donors (Lipinski definition) is 1. The van der Waals surface area contributed by atoms with Crippen molar-refractivity contribution in [3.8, 4) is 5.75 Å². The molecule has 0 unspecified atom stereocenters. The molecule has 1 aliphatic rings. The maximum Gasteiger partial charge on any atom is 0.317 e. The first kappa shape index (κ1) is 16.6. The Labute approximate surface area is 132 Å². The Bertz CT molecular complexity index is 460. The second kappa shape index (κ2) is 8.03. The fraction of sp³-hybridized carbons (Fsp3) is 0.588. The van der Waals surface area contributed by atoms with E-state index in [2.05, 4.69) is 5.32 Å². The van der Waals surface area contributed by atoms with Crippen LogP contribution in [-0.2, 0) is 4.74 Å². The van der Waals surface area contributed by atoms with E-state index in [4.69, 9.17) is 9.47 Å². The van der Waals surface area contributed by atoms with Gasteiger partial charge in [0.25, 0.3) is 0 Å². The number of carbonyl (C=O) groups is 1. The Morgan fingerprint density at radius 1 is 1.41 bits per heavy atom. The zero-order valence-electron chi connectivity index (χ0n) is 13.6. The Balaban J connectivity index is 1.76. The van der Waals surface area contributed by atoms with Crippen molar-refractivity contribution in [3.05, 3.63) is 30.3 Å². The third-order valence-corrected chi connectivity index (χ3v) is 4.02. The maximum absolute atomic E-state index is 12.2. The quantitative estimate of drug-likeness (QED) is 0.878. The largest absolute Gasteiger partial charge is 0.489 e. The molecule has 1 aromatic rings. The van der Waals surface area contributed by atoms with Crippen LogP contribution in [0.15, 0.2) is 30.3 Å². The first-order chi connectivity index (χ1) is 10.6. The van der Waals surface area contributed by atoms with E-state index in [1.165, 1.54) is 0 Å². The van der Waals surface area contributed by atoms with Crippen LogP contribution in [0.1, 0.15) is 20.3 Å². The number of ether oxygens (including phenoxy) is 2. The van der Waals surface area contributed by atoms with Gasteiger partial charge in [-0.15, -0.1) is 0 Å². The SMILES string of the molecule is C[C@H](NC(=O)N(C)C[C@H]1CCOC1)[C@H](C)Oc1ccccc1. The van der Waals surface area contributed by atoms with Gasteiger partial charge < -0.3 is 19.7 Å². The minimum atomic E-state index is -0.102. The predicted molar refractivity (Wildman–Crippen MR) is 86.1 cm³/mol. The van der Waals surface area contributed by atoms with E-state index in [1.54, 1.807) is 4.90 Å². The van der Waals surface area contributed by atoms with Gasteiger partial charge in [0.15, 0.2) is 0 Å². The van der Waals surface area contributed by atoms with E-state index < -0.39 is 0 Å². The normalized spacial score (nSPS) is 20.2. The molecule has 3 atom stereocenters. The van der Waals surface area contributed by atoms with Crippen molar-refractivity contribution in [2.75, 3.05) is 26.8 Å². The second-order valence-electron chi connectivity index (χ2n) is 5.98. The zero-order chi connectivity index (χ0) is 15.9. The van der Waals surface area contributed by atoms with E-state index in [0.29, 0.717) is 5.92 Å². The average molecular weight is 306 g/mol. The van der Waals surface area contributed by atoms with Crippen LogP contribution in [0.5, 0.6) is 5.75 Å². The smallest absolute Gasteiger partial charge is 0.317 e. The molecule has 1 aromatic carbocycles. The Morgan fingerprint density at radius 3 is 2.77 bits per heavy atom. The van der Waals surface area contributed by atoms with Crippen molar-refractivity contribution in [1.29, 1.82) is 0 Å². The van der Waals surface area contributed by atoms with Crippen LogP contribution in [0.3, 0.4) is 0 Å². The van der Waals surface area contributed by atoms with Crippen molar-refractivity contribution in [2.24, 2.45) is 5.92 Å². The average Bonchev–Trinajstić information content (AvgIpc) is 3.01. The number of carbonyl (C=O) groups excluding carboxylic acids is 1. The minimum absolute atomic E-state index is 0.0667. The molecular weight excluding hydrogens is 280 g/mol. The molecule has 0 saturated carbocycles. The van der Waals surface area contributed by atoms with E-state index in [-0.39, 0.29) is 18.2 Å². The highest BCUT2D eigenvalue weighted by atomic mass is 16.5. The number of hydrogen-bond acceptors (Lipinski definition) is 3. The van der Waals surface area contributed by atoms with Crippen molar-refractivity contribution >= 4 is 6.03 Å². The summed E-state index contributed by atoms with van der Waals surface area (Å²) in [7, 11) is 1.82. The molecule has 1 fully saturated rings. The van der Waals surface area contributed by atoms with Gasteiger partial charge in [-0.3, -0.25) is 0 Å². The summed E-state index contributed by atoms with van der Waals surface area (Å²) in [4.78, 5) is 13.9. The molecule has 1 heterocycles. The molecule has 1 saturated heterocycles. The number of urea groups is 1. The molecule has 5 nitrogen and oxygen atoms in total. The summed E-state index contributed by atoms with van der Waals surface area (Å²) in [6.07, 6.45) is 0.926. The summed E-state index contributed by atoms with van der Waals surface area (Å²) in [5.74, 6) is 1.26. The van der Waals surface area contributed by atoms with E-state index in [9.17, 15) is 4.79 Å². The molecule has 1 N–H and O–H groups in total. The lowest BCUT2D eigenvalue weighted by atomic mass is 10.1. The monoisotopic (exact) mass is 306 g/mol. The molecule has 22 heavy (non-hydrogen) atoms. The van der Waals surface area contributed by atoms with Gasteiger partial charge in [0.05, 0.1) is 12.6 Å². The highest BCUT2D eigenvalue weighted by molar-refractivity contribution is 5.74. The molecular formula is C17H26N2O3. The van der Waals surface area contributed by atoms with Crippen LogP contribution >= 0.6 is 0 Å². The molecule has 1 aliphatic heterocycles. The number of nitrogens with zero attached hydrogens (tertiary/aromatic N) is 1. The number of amides is 2. The summed E-state index contributed by atoms with van der Waals surface area (Å²) in [6, 6.07) is 9.50. The van der Waals surface area contributed by atoms with Gasteiger partial charge in [0.2, 0.25) is 0 Å². The highest BCUT2D eigenvalue weighted by Gasteiger charge is 2.22. The molecule has 2 rings (SSSR count). The maximum atomic E-state index is 12.2. The highest BCUT2D eigenvalue weighted by Crippen LogP contribution is 2.14. The molecule has 2 amide bonds.